The molecule has 2 N–H and O–H groups in total. The van der Waals surface area contributed by atoms with Crippen molar-refractivity contribution >= 4 is 16.8 Å². The van der Waals surface area contributed by atoms with Gasteiger partial charge in [-0.15, -0.1) is 0 Å². The van der Waals surface area contributed by atoms with Gasteiger partial charge in [-0.3, -0.25) is 9.89 Å². The quantitative estimate of drug-likeness (QED) is 0.765. The van der Waals surface area contributed by atoms with Crippen LogP contribution in [0.25, 0.3) is 10.9 Å². The van der Waals surface area contributed by atoms with Gasteiger partial charge in [0.2, 0.25) is 0 Å². The van der Waals surface area contributed by atoms with E-state index in [0.29, 0.717) is 12.2 Å². The molecule has 0 aliphatic carbocycles. The molecule has 0 atom stereocenters. The Hall–Kier alpha value is -2.62. The number of hydrogen-bond donors (Lipinski definition) is 2. The fourth-order valence-corrected chi connectivity index (χ4v) is 2.16. The van der Waals surface area contributed by atoms with Crippen LogP contribution in [0.1, 0.15) is 21.6 Å². The van der Waals surface area contributed by atoms with Gasteiger partial charge in [-0.2, -0.15) is 5.10 Å². The van der Waals surface area contributed by atoms with Gasteiger partial charge in [0.05, 0.1) is 5.52 Å². The monoisotopic (exact) mass is 265 g/mol. The van der Waals surface area contributed by atoms with Crippen molar-refractivity contribution in [3.8, 4) is 0 Å². The number of fused-ring (bicyclic) bond motifs is 1. The van der Waals surface area contributed by atoms with Crippen molar-refractivity contribution in [2.24, 2.45) is 0 Å². The Morgan fingerprint density at radius 3 is 2.80 bits per heavy atom. The molecule has 4 heteroatoms. The molecule has 1 heterocycles. The molecule has 0 fully saturated rings. The molecule has 2 aromatic carbocycles. The van der Waals surface area contributed by atoms with Gasteiger partial charge < -0.3 is 5.32 Å². The zero-order valence-electron chi connectivity index (χ0n) is 11.2. The van der Waals surface area contributed by atoms with E-state index in [9.17, 15) is 4.79 Å². The van der Waals surface area contributed by atoms with E-state index in [1.807, 2.05) is 55.5 Å². The van der Waals surface area contributed by atoms with Crippen molar-refractivity contribution in [1.82, 2.24) is 15.5 Å². The van der Waals surface area contributed by atoms with Gasteiger partial charge >= 0.3 is 0 Å². The highest BCUT2D eigenvalue weighted by atomic mass is 16.1. The second-order valence-corrected chi connectivity index (χ2v) is 4.79. The Morgan fingerprint density at radius 2 is 2.00 bits per heavy atom. The Morgan fingerprint density at radius 1 is 1.20 bits per heavy atom. The number of amides is 1. The third-order valence-electron chi connectivity index (χ3n) is 3.23. The van der Waals surface area contributed by atoms with E-state index in [1.54, 1.807) is 0 Å². The molecule has 0 unspecified atom stereocenters. The SMILES string of the molecule is Cc1ccc2[nH]nc(C(=O)NCc3ccccc3)c2c1. The average molecular weight is 265 g/mol. The predicted molar refractivity (Wildman–Crippen MR) is 78.4 cm³/mol. The van der Waals surface area contributed by atoms with Gasteiger partial charge in [-0.05, 0) is 24.6 Å². The van der Waals surface area contributed by atoms with Crippen molar-refractivity contribution in [3.63, 3.8) is 0 Å². The fraction of sp³-hybridized carbons (Fsp3) is 0.125. The number of aryl methyl sites for hydroxylation is 1. The second-order valence-electron chi connectivity index (χ2n) is 4.79. The van der Waals surface area contributed by atoms with Crippen LogP contribution < -0.4 is 5.32 Å². The first-order chi connectivity index (χ1) is 9.74. The topological polar surface area (TPSA) is 57.8 Å². The van der Waals surface area contributed by atoms with E-state index in [1.165, 1.54) is 0 Å². The summed E-state index contributed by atoms with van der Waals surface area (Å²) in [5.74, 6) is -0.161. The number of nitrogens with one attached hydrogen (secondary N) is 2. The van der Waals surface area contributed by atoms with Gasteiger partial charge in [-0.25, -0.2) is 0 Å². The lowest BCUT2D eigenvalue weighted by Gasteiger charge is -2.03. The van der Waals surface area contributed by atoms with Crippen LogP contribution in [-0.4, -0.2) is 16.1 Å². The maximum Gasteiger partial charge on any atom is 0.272 e. The third-order valence-corrected chi connectivity index (χ3v) is 3.23. The molecule has 0 aliphatic rings. The molecule has 3 rings (SSSR count). The molecule has 0 aliphatic heterocycles. The van der Waals surface area contributed by atoms with Crippen molar-refractivity contribution < 1.29 is 4.79 Å². The standard InChI is InChI=1S/C16H15N3O/c1-11-7-8-14-13(9-11)15(19-18-14)16(20)17-10-12-5-3-2-4-6-12/h2-9H,10H2,1H3,(H,17,20)(H,18,19). The van der Waals surface area contributed by atoms with Crippen LogP contribution in [0.5, 0.6) is 0 Å². The molecule has 1 amide bonds. The van der Waals surface area contributed by atoms with Crippen molar-refractivity contribution in [3.05, 3.63) is 65.4 Å². The first kappa shape index (κ1) is 12.4. The summed E-state index contributed by atoms with van der Waals surface area (Å²) >= 11 is 0. The van der Waals surface area contributed by atoms with E-state index in [-0.39, 0.29) is 5.91 Å². The summed E-state index contributed by atoms with van der Waals surface area (Å²) in [5.41, 5.74) is 3.49. The summed E-state index contributed by atoms with van der Waals surface area (Å²) in [4.78, 5) is 12.2. The molecular weight excluding hydrogens is 250 g/mol. The lowest BCUT2D eigenvalue weighted by molar-refractivity contribution is 0.0947. The molecule has 0 saturated carbocycles. The maximum atomic E-state index is 12.2. The van der Waals surface area contributed by atoms with Gasteiger partial charge in [0.15, 0.2) is 5.69 Å². The van der Waals surface area contributed by atoms with Crippen LogP contribution in [0.4, 0.5) is 0 Å². The number of rotatable bonds is 3. The molecule has 0 radical (unpaired) electrons. The summed E-state index contributed by atoms with van der Waals surface area (Å²) in [6.45, 7) is 2.50. The molecule has 0 bridgehead atoms. The normalized spacial score (nSPS) is 10.7. The van der Waals surface area contributed by atoms with E-state index in [2.05, 4.69) is 15.5 Å². The number of carbonyl (C=O) groups excluding carboxylic acids is 1. The average Bonchev–Trinajstić information content (AvgIpc) is 2.89. The molecule has 20 heavy (non-hydrogen) atoms. The minimum absolute atomic E-state index is 0.161. The van der Waals surface area contributed by atoms with Gasteiger partial charge in [0.1, 0.15) is 0 Å². The number of aromatic amines is 1. The summed E-state index contributed by atoms with van der Waals surface area (Å²) in [6, 6.07) is 15.7. The number of nitrogens with zero attached hydrogens (tertiary/aromatic N) is 1. The molecule has 0 spiro atoms. The summed E-state index contributed by atoms with van der Waals surface area (Å²) in [6.07, 6.45) is 0. The zero-order valence-corrected chi connectivity index (χ0v) is 11.2. The van der Waals surface area contributed by atoms with Gasteiger partial charge in [0, 0.05) is 11.9 Å². The first-order valence-corrected chi connectivity index (χ1v) is 6.51. The molecular formula is C16H15N3O. The highest BCUT2D eigenvalue weighted by molar-refractivity contribution is 6.04. The lowest BCUT2D eigenvalue weighted by atomic mass is 10.1. The number of H-pyrrole nitrogens is 1. The highest BCUT2D eigenvalue weighted by Gasteiger charge is 2.13. The van der Waals surface area contributed by atoms with Gasteiger partial charge in [0.25, 0.3) is 5.91 Å². The Bertz CT molecular complexity index is 747. The summed E-state index contributed by atoms with van der Waals surface area (Å²) in [7, 11) is 0. The number of aromatic nitrogens is 2. The van der Waals surface area contributed by atoms with Gasteiger partial charge in [-0.1, -0.05) is 42.0 Å². The largest absolute Gasteiger partial charge is 0.347 e. The van der Waals surface area contributed by atoms with E-state index in [4.69, 9.17) is 0 Å². The summed E-state index contributed by atoms with van der Waals surface area (Å²) in [5, 5.41) is 10.7. The molecule has 4 nitrogen and oxygen atoms in total. The number of carbonyl (C=O) groups is 1. The molecule has 100 valence electrons. The Labute approximate surface area is 116 Å². The highest BCUT2D eigenvalue weighted by Crippen LogP contribution is 2.17. The van der Waals surface area contributed by atoms with Crippen LogP contribution in [0.2, 0.25) is 0 Å². The van der Waals surface area contributed by atoms with Crippen LogP contribution in [0.15, 0.2) is 48.5 Å². The zero-order chi connectivity index (χ0) is 13.9. The predicted octanol–water partition coefficient (Wildman–Crippen LogP) is 2.80. The lowest BCUT2D eigenvalue weighted by Crippen LogP contribution is -2.23. The minimum Gasteiger partial charge on any atom is -0.347 e. The molecule has 0 saturated heterocycles. The van der Waals surface area contributed by atoms with Crippen molar-refractivity contribution in [2.45, 2.75) is 13.5 Å². The van der Waals surface area contributed by atoms with Crippen LogP contribution in [0, 0.1) is 6.92 Å². The number of hydrogen-bond acceptors (Lipinski definition) is 2. The van der Waals surface area contributed by atoms with Crippen LogP contribution in [-0.2, 0) is 6.54 Å². The van der Waals surface area contributed by atoms with Crippen molar-refractivity contribution in [1.29, 1.82) is 0 Å². The summed E-state index contributed by atoms with van der Waals surface area (Å²) < 4.78 is 0. The maximum absolute atomic E-state index is 12.2. The third kappa shape index (κ3) is 2.40. The minimum atomic E-state index is -0.161. The second kappa shape index (κ2) is 5.17. The van der Waals surface area contributed by atoms with E-state index in [0.717, 1.165) is 22.0 Å². The van der Waals surface area contributed by atoms with Crippen molar-refractivity contribution in [2.75, 3.05) is 0 Å². The van der Waals surface area contributed by atoms with Crippen LogP contribution >= 0.6 is 0 Å². The fourth-order valence-electron chi connectivity index (χ4n) is 2.16. The van der Waals surface area contributed by atoms with Crippen LogP contribution in [0.3, 0.4) is 0 Å². The van der Waals surface area contributed by atoms with E-state index >= 15 is 0 Å². The Kier molecular flexibility index (Phi) is 3.21. The molecule has 3 aromatic rings. The first-order valence-electron chi connectivity index (χ1n) is 6.51. The molecule has 1 aromatic heterocycles. The Balaban J connectivity index is 1.80. The van der Waals surface area contributed by atoms with E-state index < -0.39 is 0 Å². The smallest absolute Gasteiger partial charge is 0.272 e. The number of benzene rings is 2.